The zero-order valence-corrected chi connectivity index (χ0v) is 16.9. The van der Waals surface area contributed by atoms with E-state index in [-0.39, 0.29) is 23.6 Å². The predicted molar refractivity (Wildman–Crippen MR) is 106 cm³/mol. The monoisotopic (exact) mass is 401 g/mol. The fraction of sp³-hybridized carbons (Fsp3) is 0.421. The topological polar surface area (TPSA) is 102 Å². The number of aromatic nitrogens is 4. The minimum absolute atomic E-state index is 0.0376. The zero-order chi connectivity index (χ0) is 20.1. The summed E-state index contributed by atoms with van der Waals surface area (Å²) in [6.07, 6.45) is 5.34. The lowest BCUT2D eigenvalue weighted by Crippen LogP contribution is -2.24. The minimum Gasteiger partial charge on any atom is -0.459 e. The lowest BCUT2D eigenvalue weighted by Gasteiger charge is -2.12. The quantitative estimate of drug-likeness (QED) is 0.684. The molecular formula is C19H23N5O3S. The molecule has 0 bridgehead atoms. The van der Waals surface area contributed by atoms with E-state index in [1.54, 1.807) is 12.1 Å². The second kappa shape index (κ2) is 6.73. The Morgan fingerprint density at radius 1 is 1.29 bits per heavy atom. The maximum absolute atomic E-state index is 12.8. The molecule has 1 aromatic carbocycles. The fourth-order valence-electron chi connectivity index (χ4n) is 2.96. The van der Waals surface area contributed by atoms with E-state index in [0.29, 0.717) is 22.8 Å². The van der Waals surface area contributed by atoms with Gasteiger partial charge >= 0.3 is 6.01 Å². The summed E-state index contributed by atoms with van der Waals surface area (Å²) < 4.78 is 28.4. The Bertz CT molecular complexity index is 1190. The minimum atomic E-state index is -2.74. The Hall–Kier alpha value is -2.68. The third-order valence-corrected chi connectivity index (χ3v) is 5.88. The molecule has 1 saturated carbocycles. The molecule has 8 nitrogen and oxygen atoms in total. The summed E-state index contributed by atoms with van der Waals surface area (Å²) in [5, 5.41) is 4.27. The molecule has 0 radical (unpaired) electrons. The van der Waals surface area contributed by atoms with Crippen LogP contribution in [-0.4, -0.2) is 35.7 Å². The highest BCUT2D eigenvalue weighted by atomic mass is 32.2. The van der Waals surface area contributed by atoms with E-state index in [0.717, 1.165) is 18.4 Å². The first-order valence-electron chi connectivity index (χ1n) is 9.22. The number of hydrogen-bond acceptors (Lipinski definition) is 6. The van der Waals surface area contributed by atoms with E-state index in [2.05, 4.69) is 10.1 Å². The average molecular weight is 401 g/mol. The average Bonchev–Trinajstić information content (AvgIpc) is 3.32. The molecule has 0 spiro atoms. The third-order valence-electron chi connectivity index (χ3n) is 4.71. The van der Waals surface area contributed by atoms with E-state index in [4.69, 9.17) is 9.52 Å². The second-order valence-electron chi connectivity index (χ2n) is 7.58. The molecule has 0 saturated heterocycles. The van der Waals surface area contributed by atoms with Gasteiger partial charge in [0.25, 0.3) is 5.56 Å². The number of hydrogen-bond donors (Lipinski definition) is 1. The van der Waals surface area contributed by atoms with Crippen LogP contribution in [0.5, 0.6) is 6.01 Å². The molecule has 0 amide bonds. The van der Waals surface area contributed by atoms with Gasteiger partial charge in [-0.25, -0.2) is 8.99 Å². The van der Waals surface area contributed by atoms with Crippen LogP contribution in [0.4, 0.5) is 0 Å². The molecule has 2 heterocycles. The first kappa shape index (κ1) is 18.7. The number of ether oxygens (including phenoxy) is 1. The number of benzene rings is 1. The standard InChI is InChI=1S/C19H23N5O3S/c1-12(2)16-11-23(10-13-4-8-15(9-5-13)28(3,20)26)19-21-18(27-14-6-7-14)22-24(19)17(16)25/h4-5,8-9,11-12,14,20H,6-7,10H2,1-3H3. The Labute approximate surface area is 163 Å². The van der Waals surface area contributed by atoms with Gasteiger partial charge in [-0.3, -0.25) is 4.79 Å². The summed E-state index contributed by atoms with van der Waals surface area (Å²) in [5.74, 6) is 0.463. The normalized spacial score (nSPS) is 16.4. The van der Waals surface area contributed by atoms with E-state index < -0.39 is 9.73 Å². The van der Waals surface area contributed by atoms with Crippen LogP contribution in [0.15, 0.2) is 40.2 Å². The largest absolute Gasteiger partial charge is 0.459 e. The van der Waals surface area contributed by atoms with Gasteiger partial charge in [-0.2, -0.15) is 9.50 Å². The van der Waals surface area contributed by atoms with Crippen molar-refractivity contribution in [3.05, 3.63) is 51.9 Å². The SMILES string of the molecule is CC(C)c1cn(Cc2ccc(S(C)(=N)=O)cc2)c2nc(OC3CC3)nn2c1=O. The van der Waals surface area contributed by atoms with Crippen LogP contribution in [0.25, 0.3) is 5.78 Å². The molecule has 1 unspecified atom stereocenters. The van der Waals surface area contributed by atoms with Crippen molar-refractivity contribution in [2.24, 2.45) is 0 Å². The van der Waals surface area contributed by atoms with E-state index >= 15 is 0 Å². The van der Waals surface area contributed by atoms with Crippen molar-refractivity contribution in [3.63, 3.8) is 0 Å². The molecule has 9 heteroatoms. The maximum atomic E-state index is 12.8. The van der Waals surface area contributed by atoms with Crippen molar-refractivity contribution >= 4 is 15.5 Å². The van der Waals surface area contributed by atoms with Crippen LogP contribution >= 0.6 is 0 Å². The highest BCUT2D eigenvalue weighted by Gasteiger charge is 2.26. The molecule has 1 atom stereocenters. The third kappa shape index (κ3) is 3.66. The van der Waals surface area contributed by atoms with Gasteiger partial charge in [-0.1, -0.05) is 26.0 Å². The Kier molecular flexibility index (Phi) is 4.49. The molecule has 0 aliphatic heterocycles. The van der Waals surface area contributed by atoms with Gasteiger partial charge in [-0.05, 0) is 36.5 Å². The fourth-order valence-corrected chi connectivity index (χ4v) is 3.61. The summed E-state index contributed by atoms with van der Waals surface area (Å²) in [4.78, 5) is 17.7. The summed E-state index contributed by atoms with van der Waals surface area (Å²) in [6.45, 7) is 4.40. The van der Waals surface area contributed by atoms with Gasteiger partial charge in [0.15, 0.2) is 0 Å². The molecule has 1 aliphatic carbocycles. The second-order valence-corrected chi connectivity index (χ2v) is 9.74. The van der Waals surface area contributed by atoms with E-state index in [1.165, 1.54) is 10.8 Å². The van der Waals surface area contributed by atoms with Gasteiger partial charge in [0.1, 0.15) is 6.10 Å². The summed E-state index contributed by atoms with van der Waals surface area (Å²) in [7, 11) is -2.74. The van der Waals surface area contributed by atoms with Gasteiger partial charge in [0, 0.05) is 22.9 Å². The predicted octanol–water partition coefficient (Wildman–Crippen LogP) is 2.64. The molecule has 1 N–H and O–H groups in total. The van der Waals surface area contributed by atoms with Crippen LogP contribution < -0.4 is 10.3 Å². The van der Waals surface area contributed by atoms with Crippen LogP contribution in [0.2, 0.25) is 0 Å². The molecule has 3 aromatic rings. The summed E-state index contributed by atoms with van der Waals surface area (Å²) >= 11 is 0. The highest BCUT2D eigenvalue weighted by Crippen LogP contribution is 2.25. The molecule has 148 valence electrons. The first-order chi connectivity index (χ1) is 13.2. The molecule has 1 aliphatic rings. The van der Waals surface area contributed by atoms with Crippen molar-refractivity contribution in [1.82, 2.24) is 19.2 Å². The number of fused-ring (bicyclic) bond motifs is 1. The Morgan fingerprint density at radius 3 is 2.54 bits per heavy atom. The number of rotatable bonds is 6. The smallest absolute Gasteiger partial charge is 0.338 e. The Balaban J connectivity index is 1.77. The van der Waals surface area contributed by atoms with Crippen LogP contribution in [-0.2, 0) is 16.3 Å². The molecule has 1 fully saturated rings. The molecule has 4 rings (SSSR count). The molecule has 2 aromatic heterocycles. The summed E-state index contributed by atoms with van der Waals surface area (Å²) in [5.41, 5.74) is 1.41. The molecular weight excluding hydrogens is 378 g/mol. The lowest BCUT2D eigenvalue weighted by atomic mass is 10.1. The van der Waals surface area contributed by atoms with Crippen LogP contribution in [0, 0.1) is 4.78 Å². The van der Waals surface area contributed by atoms with Gasteiger partial charge in [0.05, 0.1) is 16.3 Å². The first-order valence-corrected chi connectivity index (χ1v) is 11.2. The van der Waals surface area contributed by atoms with Gasteiger partial charge in [0.2, 0.25) is 5.78 Å². The van der Waals surface area contributed by atoms with Crippen LogP contribution in [0.1, 0.15) is 43.7 Å². The Morgan fingerprint density at radius 2 is 1.96 bits per heavy atom. The van der Waals surface area contributed by atoms with Gasteiger partial charge in [-0.15, -0.1) is 5.10 Å². The summed E-state index contributed by atoms with van der Waals surface area (Å²) in [6, 6.07) is 7.33. The van der Waals surface area contributed by atoms with Crippen molar-refractivity contribution in [1.29, 1.82) is 4.78 Å². The van der Waals surface area contributed by atoms with E-state index in [1.807, 2.05) is 36.7 Å². The zero-order valence-electron chi connectivity index (χ0n) is 16.1. The van der Waals surface area contributed by atoms with Gasteiger partial charge < -0.3 is 9.30 Å². The van der Waals surface area contributed by atoms with Crippen molar-refractivity contribution in [2.45, 2.75) is 50.2 Å². The van der Waals surface area contributed by atoms with Crippen molar-refractivity contribution in [2.75, 3.05) is 6.26 Å². The number of nitrogens with zero attached hydrogens (tertiary/aromatic N) is 4. The lowest BCUT2D eigenvalue weighted by molar-refractivity contribution is 0.278. The van der Waals surface area contributed by atoms with Crippen molar-refractivity contribution < 1.29 is 8.95 Å². The molecule has 28 heavy (non-hydrogen) atoms. The maximum Gasteiger partial charge on any atom is 0.338 e. The highest BCUT2D eigenvalue weighted by molar-refractivity contribution is 7.91. The number of nitrogens with one attached hydrogen (secondary N) is 1. The van der Waals surface area contributed by atoms with E-state index in [9.17, 15) is 9.00 Å². The van der Waals surface area contributed by atoms with Crippen LogP contribution in [0.3, 0.4) is 0 Å². The van der Waals surface area contributed by atoms with Crippen molar-refractivity contribution in [3.8, 4) is 6.01 Å².